The molecule has 3 aromatic rings. The lowest BCUT2D eigenvalue weighted by Crippen LogP contribution is -2.49. The maximum atomic E-state index is 14.6. The number of hydrogen-bond donors (Lipinski definition) is 3. The van der Waals surface area contributed by atoms with Crippen LogP contribution < -0.4 is 15.4 Å². The number of aliphatic carboxylic acids is 1. The van der Waals surface area contributed by atoms with Crippen LogP contribution in [0, 0.1) is 0 Å². The molecule has 1 unspecified atom stereocenters. The van der Waals surface area contributed by atoms with Gasteiger partial charge in [-0.25, -0.2) is 9.78 Å². The summed E-state index contributed by atoms with van der Waals surface area (Å²) in [6.45, 7) is 2.71. The molecule has 2 aromatic heterocycles. The van der Waals surface area contributed by atoms with Crippen LogP contribution in [0.4, 0.5) is 14.6 Å². The third-order valence-corrected chi connectivity index (χ3v) is 7.14. The van der Waals surface area contributed by atoms with Crippen molar-refractivity contribution in [2.75, 3.05) is 38.1 Å². The number of unbranched alkanes of at least 4 members (excludes halogenated alkanes) is 1. The number of carbonyl (C=O) groups excluding carboxylic acids is 1. The molecule has 1 aliphatic heterocycles. The van der Waals surface area contributed by atoms with Gasteiger partial charge < -0.3 is 20.5 Å². The smallest absolute Gasteiger partial charge is 0.366 e. The van der Waals surface area contributed by atoms with Gasteiger partial charge in [-0.1, -0.05) is 30.3 Å². The normalized spacial score (nSPS) is 13.6. The minimum atomic E-state index is -3.96. The number of hydrogen-bond acceptors (Lipinski definition) is 7. The fraction of sp³-hybridized carbons (Fsp3) is 0.419. The Morgan fingerprint density at radius 3 is 2.62 bits per heavy atom. The molecular weight excluding hydrogens is 544 g/mol. The number of aryl methyl sites for hydroxylation is 2. The number of carbonyl (C=O) groups is 2. The number of alkyl halides is 2. The van der Waals surface area contributed by atoms with Gasteiger partial charge in [0.15, 0.2) is 0 Å². The molecule has 0 spiro atoms. The Labute approximate surface area is 244 Å². The van der Waals surface area contributed by atoms with Gasteiger partial charge in [0.2, 0.25) is 0 Å². The number of pyridine rings is 2. The molecule has 0 bridgehead atoms. The van der Waals surface area contributed by atoms with Gasteiger partial charge in [0.25, 0.3) is 5.91 Å². The molecular formula is C31H37F2N5O4. The van der Waals surface area contributed by atoms with Crippen molar-refractivity contribution in [3.63, 3.8) is 0 Å². The SMILES string of the molecule is O=C(O)C(CCN(CCCCc1ccc2c(n1)NCCC2)CCOc1ccccc1)NC(=O)C(F)(F)c1ccccn1. The second-order valence-electron chi connectivity index (χ2n) is 10.2. The first-order valence-corrected chi connectivity index (χ1v) is 14.3. The number of para-hydroxylation sites is 1. The van der Waals surface area contributed by atoms with E-state index in [1.165, 1.54) is 17.7 Å². The maximum Gasteiger partial charge on any atom is 0.366 e. The fourth-order valence-electron chi connectivity index (χ4n) is 4.78. The van der Waals surface area contributed by atoms with E-state index in [9.17, 15) is 23.5 Å². The number of aromatic nitrogens is 2. The van der Waals surface area contributed by atoms with Crippen LogP contribution in [0.2, 0.25) is 0 Å². The van der Waals surface area contributed by atoms with Crippen LogP contribution in [0.15, 0.2) is 66.9 Å². The molecule has 1 aliphatic rings. The van der Waals surface area contributed by atoms with Crippen molar-refractivity contribution in [3.05, 3.63) is 83.8 Å². The molecule has 0 aliphatic carbocycles. The number of anilines is 1. The highest BCUT2D eigenvalue weighted by Gasteiger charge is 2.43. The van der Waals surface area contributed by atoms with Crippen molar-refractivity contribution in [1.29, 1.82) is 0 Å². The number of nitrogens with one attached hydrogen (secondary N) is 2. The zero-order valence-corrected chi connectivity index (χ0v) is 23.5. The first-order valence-electron chi connectivity index (χ1n) is 14.3. The number of nitrogens with zero attached hydrogens (tertiary/aromatic N) is 3. The highest BCUT2D eigenvalue weighted by Crippen LogP contribution is 2.26. The molecule has 224 valence electrons. The van der Waals surface area contributed by atoms with Crippen LogP contribution in [0.3, 0.4) is 0 Å². The Bertz CT molecular complexity index is 1300. The predicted octanol–water partition coefficient (Wildman–Crippen LogP) is 4.29. The molecule has 42 heavy (non-hydrogen) atoms. The molecule has 1 atom stereocenters. The van der Waals surface area contributed by atoms with Crippen LogP contribution >= 0.6 is 0 Å². The van der Waals surface area contributed by atoms with Crippen LogP contribution in [0.5, 0.6) is 5.75 Å². The van der Waals surface area contributed by atoms with Crippen LogP contribution in [0.25, 0.3) is 0 Å². The zero-order chi connectivity index (χ0) is 29.8. The summed E-state index contributed by atoms with van der Waals surface area (Å²) in [5.41, 5.74) is 1.52. The summed E-state index contributed by atoms with van der Waals surface area (Å²) in [4.78, 5) is 34.6. The molecule has 3 heterocycles. The van der Waals surface area contributed by atoms with Crippen molar-refractivity contribution in [3.8, 4) is 5.75 Å². The largest absolute Gasteiger partial charge is 0.492 e. The summed E-state index contributed by atoms with van der Waals surface area (Å²) >= 11 is 0. The highest BCUT2D eigenvalue weighted by atomic mass is 19.3. The monoisotopic (exact) mass is 581 g/mol. The quantitative estimate of drug-likeness (QED) is 0.215. The third-order valence-electron chi connectivity index (χ3n) is 7.14. The molecule has 3 N–H and O–H groups in total. The highest BCUT2D eigenvalue weighted by molar-refractivity contribution is 5.88. The Morgan fingerprint density at radius 1 is 1.05 bits per heavy atom. The van der Waals surface area contributed by atoms with E-state index in [2.05, 4.69) is 22.4 Å². The molecule has 0 saturated heterocycles. The first-order chi connectivity index (χ1) is 20.3. The fourth-order valence-corrected chi connectivity index (χ4v) is 4.78. The van der Waals surface area contributed by atoms with Gasteiger partial charge in [-0.15, -0.1) is 0 Å². The Hall–Kier alpha value is -4.12. The van der Waals surface area contributed by atoms with E-state index in [4.69, 9.17) is 9.72 Å². The van der Waals surface area contributed by atoms with E-state index >= 15 is 0 Å². The van der Waals surface area contributed by atoms with Crippen LogP contribution in [0.1, 0.15) is 42.6 Å². The van der Waals surface area contributed by atoms with Gasteiger partial charge >= 0.3 is 11.9 Å². The molecule has 9 nitrogen and oxygen atoms in total. The molecule has 0 radical (unpaired) electrons. The van der Waals surface area contributed by atoms with E-state index in [0.717, 1.165) is 68.2 Å². The zero-order valence-electron chi connectivity index (χ0n) is 23.5. The molecule has 0 fully saturated rings. The second-order valence-corrected chi connectivity index (χ2v) is 10.2. The lowest BCUT2D eigenvalue weighted by Gasteiger charge is -2.25. The number of carboxylic acids is 1. The standard InChI is InChI=1S/C31H37F2N5O4/c32-31(33,27-13-4-6-17-34-27)30(41)37-26(29(39)40)16-20-38(21-22-42-25-11-2-1-3-12-25)19-7-5-10-24-15-14-23-9-8-18-35-28(23)36-24/h1-4,6,11-15,17,26H,5,7-10,16,18-22H2,(H,35,36)(H,37,41)(H,39,40). The second kappa shape index (κ2) is 15.2. The summed E-state index contributed by atoms with van der Waals surface area (Å²) in [5.74, 6) is -5.35. The van der Waals surface area contributed by atoms with E-state index < -0.39 is 29.5 Å². The summed E-state index contributed by atoms with van der Waals surface area (Å²) < 4.78 is 35.1. The lowest BCUT2D eigenvalue weighted by molar-refractivity contribution is -0.152. The van der Waals surface area contributed by atoms with Crippen molar-refractivity contribution in [2.45, 2.75) is 50.5 Å². The molecule has 11 heteroatoms. The number of fused-ring (bicyclic) bond motifs is 1. The number of carboxylic acid groups (broad SMARTS) is 1. The van der Waals surface area contributed by atoms with Crippen LogP contribution in [-0.2, 0) is 28.4 Å². The Balaban J connectivity index is 1.32. The average molecular weight is 582 g/mol. The molecule has 1 amide bonds. The third kappa shape index (κ3) is 8.94. The van der Waals surface area contributed by atoms with Gasteiger partial charge in [-0.2, -0.15) is 8.78 Å². The number of amides is 1. The van der Waals surface area contributed by atoms with E-state index in [1.807, 2.05) is 40.5 Å². The topological polar surface area (TPSA) is 117 Å². The minimum absolute atomic E-state index is 0.0528. The summed E-state index contributed by atoms with van der Waals surface area (Å²) in [7, 11) is 0. The lowest BCUT2D eigenvalue weighted by atomic mass is 10.1. The van der Waals surface area contributed by atoms with Crippen molar-refractivity contribution in [2.24, 2.45) is 0 Å². The molecule has 1 aromatic carbocycles. The number of ether oxygens (including phenoxy) is 1. The maximum absolute atomic E-state index is 14.6. The minimum Gasteiger partial charge on any atom is -0.492 e. The molecule has 0 saturated carbocycles. The van der Waals surface area contributed by atoms with E-state index in [0.29, 0.717) is 19.7 Å². The van der Waals surface area contributed by atoms with Crippen molar-refractivity contribution < 1.29 is 28.2 Å². The summed E-state index contributed by atoms with van der Waals surface area (Å²) in [5, 5.41) is 15.1. The number of halogens is 2. The Morgan fingerprint density at radius 2 is 1.86 bits per heavy atom. The van der Waals surface area contributed by atoms with Gasteiger partial charge in [0.05, 0.1) is 0 Å². The van der Waals surface area contributed by atoms with Crippen molar-refractivity contribution in [1.82, 2.24) is 20.2 Å². The average Bonchev–Trinajstić information content (AvgIpc) is 3.01. The molecule has 4 rings (SSSR count). The van der Waals surface area contributed by atoms with E-state index in [-0.39, 0.29) is 13.0 Å². The number of rotatable bonds is 16. The number of benzene rings is 1. The summed E-state index contributed by atoms with van der Waals surface area (Å²) in [6, 6.07) is 15.9. The predicted molar refractivity (Wildman–Crippen MR) is 155 cm³/mol. The van der Waals surface area contributed by atoms with Crippen molar-refractivity contribution >= 4 is 17.7 Å². The van der Waals surface area contributed by atoms with Crippen LogP contribution in [-0.4, -0.2) is 70.7 Å². The first kappa shape index (κ1) is 30.8. The van der Waals surface area contributed by atoms with Gasteiger partial charge in [-0.3, -0.25) is 14.7 Å². The van der Waals surface area contributed by atoms with Gasteiger partial charge in [0, 0.05) is 31.5 Å². The summed E-state index contributed by atoms with van der Waals surface area (Å²) in [6.07, 6.45) is 5.74. The Kier molecular flexibility index (Phi) is 11.2. The van der Waals surface area contributed by atoms with E-state index in [1.54, 1.807) is 0 Å². The van der Waals surface area contributed by atoms with Gasteiger partial charge in [-0.05, 0) is 81.0 Å². The van der Waals surface area contributed by atoms with Gasteiger partial charge in [0.1, 0.15) is 29.9 Å².